The number of rotatable bonds is 6. The third kappa shape index (κ3) is 5.62. The van der Waals surface area contributed by atoms with Crippen molar-refractivity contribution in [1.82, 2.24) is 24.1 Å². The zero-order valence-electron chi connectivity index (χ0n) is 35.9. The fourth-order valence-electron chi connectivity index (χ4n) is 10.6. The van der Waals surface area contributed by atoms with Crippen LogP contribution >= 0.6 is 0 Å². The molecule has 0 radical (unpaired) electrons. The van der Waals surface area contributed by atoms with Crippen LogP contribution in [0.2, 0.25) is 0 Å². The number of nitrogens with zero attached hydrogens (tertiary/aromatic N) is 5. The molecule has 5 nitrogen and oxygen atoms in total. The van der Waals surface area contributed by atoms with E-state index in [0.29, 0.717) is 17.6 Å². The highest BCUT2D eigenvalue weighted by Gasteiger charge is 2.37. The zero-order valence-corrected chi connectivity index (χ0v) is 35.9. The topological polar surface area (TPSA) is 48.5 Å². The van der Waals surface area contributed by atoms with Crippen LogP contribution in [0.1, 0.15) is 25.0 Å². The summed E-state index contributed by atoms with van der Waals surface area (Å²) in [5.74, 6) is 1.83. The third-order valence-corrected chi connectivity index (χ3v) is 13.6. The lowest BCUT2D eigenvalue weighted by Crippen LogP contribution is -2.14. The summed E-state index contributed by atoms with van der Waals surface area (Å²) in [6, 6.07) is 76.0. The van der Waals surface area contributed by atoms with Crippen molar-refractivity contribution in [1.29, 1.82) is 0 Å². The van der Waals surface area contributed by atoms with E-state index in [-0.39, 0.29) is 5.41 Å². The Labute approximate surface area is 376 Å². The lowest BCUT2D eigenvalue weighted by Gasteiger charge is -2.21. The van der Waals surface area contributed by atoms with E-state index in [1.807, 2.05) is 18.2 Å². The highest BCUT2D eigenvalue weighted by molar-refractivity contribution is 6.23. The number of hydrogen-bond donors (Lipinski definition) is 0. The molecule has 13 rings (SSSR count). The van der Waals surface area contributed by atoms with Gasteiger partial charge in [0.1, 0.15) is 0 Å². The normalized spacial score (nSPS) is 12.9. The van der Waals surface area contributed by atoms with E-state index in [1.165, 1.54) is 44.3 Å². The second kappa shape index (κ2) is 14.3. The predicted octanol–water partition coefficient (Wildman–Crippen LogP) is 15.0. The third-order valence-electron chi connectivity index (χ3n) is 13.6. The molecule has 0 N–H and O–H groups in total. The Morgan fingerprint density at radius 2 is 0.862 bits per heavy atom. The van der Waals surface area contributed by atoms with E-state index in [0.717, 1.165) is 60.6 Å². The molecule has 306 valence electrons. The molecule has 1 aliphatic rings. The van der Waals surface area contributed by atoms with Crippen molar-refractivity contribution < 1.29 is 0 Å². The molecule has 0 aliphatic heterocycles. The minimum atomic E-state index is -0.174. The Morgan fingerprint density at radius 3 is 1.58 bits per heavy atom. The van der Waals surface area contributed by atoms with Crippen LogP contribution in [0.25, 0.3) is 111 Å². The SMILES string of the molecule is CC1(C)c2ccccc2-c2c(-c3nc(-c4ccccc4)nc(-n4c5ccccc5c5ccc6c7ccccc7n(-c7cccc(-c8ccccc8-c8ccccc8)c7)c6c54)n3)cccc21. The Kier molecular flexibility index (Phi) is 8.18. The van der Waals surface area contributed by atoms with Gasteiger partial charge in [0.25, 0.3) is 0 Å². The molecule has 0 spiro atoms. The summed E-state index contributed by atoms with van der Waals surface area (Å²) in [6.45, 7) is 4.63. The van der Waals surface area contributed by atoms with E-state index in [4.69, 9.17) is 15.0 Å². The molecule has 0 bridgehead atoms. The fraction of sp³-hybridized carbons (Fsp3) is 0.0500. The zero-order chi connectivity index (χ0) is 43.2. The number of fused-ring (bicyclic) bond motifs is 10. The molecule has 0 saturated carbocycles. The summed E-state index contributed by atoms with van der Waals surface area (Å²) in [7, 11) is 0. The van der Waals surface area contributed by atoms with Crippen LogP contribution < -0.4 is 0 Å². The monoisotopic (exact) mass is 831 g/mol. The maximum Gasteiger partial charge on any atom is 0.238 e. The maximum absolute atomic E-state index is 5.56. The Bertz CT molecular complexity index is 3860. The Morgan fingerprint density at radius 1 is 0.354 bits per heavy atom. The van der Waals surface area contributed by atoms with Crippen molar-refractivity contribution in [3.63, 3.8) is 0 Å². The first-order valence-electron chi connectivity index (χ1n) is 22.3. The number of aromatic nitrogens is 5. The molecule has 0 saturated heterocycles. The molecule has 65 heavy (non-hydrogen) atoms. The van der Waals surface area contributed by atoms with Gasteiger partial charge in [-0.2, -0.15) is 9.97 Å². The van der Waals surface area contributed by atoms with Crippen molar-refractivity contribution in [3.8, 4) is 67.8 Å². The molecule has 9 aromatic carbocycles. The van der Waals surface area contributed by atoms with Crippen molar-refractivity contribution >= 4 is 43.6 Å². The van der Waals surface area contributed by atoms with Gasteiger partial charge in [0.15, 0.2) is 11.6 Å². The molecule has 12 aromatic rings. The Balaban J connectivity index is 1.12. The van der Waals surface area contributed by atoms with E-state index < -0.39 is 0 Å². The second-order valence-electron chi connectivity index (χ2n) is 17.6. The van der Waals surface area contributed by atoms with Gasteiger partial charge in [-0.1, -0.05) is 202 Å². The quantitative estimate of drug-likeness (QED) is 0.168. The standard InChI is InChI=1S/C60H41N5/c1-60(2)50-31-14-11-29-48(50)54-49(30-18-32-51(54)60)58-61-57(39-21-7-4-8-22-39)62-59(63-58)65-53-34-16-13-28-45(53)47-36-35-46-44-27-12-15-33-52(44)64(55(46)56(47)65)41-24-17-23-40(37-41)43-26-10-9-25-42(43)38-19-5-3-6-20-38/h3-37H,1-2H3. The lowest BCUT2D eigenvalue weighted by atomic mass is 9.82. The highest BCUT2D eigenvalue weighted by atomic mass is 15.2. The van der Waals surface area contributed by atoms with Gasteiger partial charge in [-0.25, -0.2) is 4.98 Å². The number of hydrogen-bond acceptors (Lipinski definition) is 3. The smallest absolute Gasteiger partial charge is 0.238 e. The molecule has 0 unspecified atom stereocenters. The van der Waals surface area contributed by atoms with Gasteiger partial charge >= 0.3 is 0 Å². The average Bonchev–Trinajstić information content (AvgIpc) is 3.98. The summed E-state index contributed by atoms with van der Waals surface area (Å²) in [5.41, 5.74) is 16.8. The van der Waals surface area contributed by atoms with Crippen LogP contribution in [0, 0.1) is 0 Å². The highest BCUT2D eigenvalue weighted by Crippen LogP contribution is 2.52. The molecule has 1 aliphatic carbocycles. The summed E-state index contributed by atoms with van der Waals surface area (Å²) >= 11 is 0. The van der Waals surface area contributed by atoms with Crippen LogP contribution in [-0.2, 0) is 5.41 Å². The van der Waals surface area contributed by atoms with Crippen LogP contribution in [-0.4, -0.2) is 24.1 Å². The molecule has 0 amide bonds. The van der Waals surface area contributed by atoms with Gasteiger partial charge in [-0.15, -0.1) is 0 Å². The summed E-state index contributed by atoms with van der Waals surface area (Å²) in [4.78, 5) is 16.3. The molecule has 0 fully saturated rings. The minimum absolute atomic E-state index is 0.174. The molecular weight excluding hydrogens is 791 g/mol. The molecular formula is C60H41N5. The first-order chi connectivity index (χ1) is 32.0. The maximum atomic E-state index is 5.56. The van der Waals surface area contributed by atoms with Crippen molar-refractivity contribution in [3.05, 3.63) is 223 Å². The fourth-order valence-corrected chi connectivity index (χ4v) is 10.6. The van der Waals surface area contributed by atoms with Gasteiger partial charge in [-0.3, -0.25) is 4.57 Å². The average molecular weight is 832 g/mol. The van der Waals surface area contributed by atoms with E-state index in [2.05, 4.69) is 217 Å². The van der Waals surface area contributed by atoms with Crippen LogP contribution in [0.3, 0.4) is 0 Å². The molecule has 3 aromatic heterocycles. The number of benzene rings is 9. The second-order valence-corrected chi connectivity index (χ2v) is 17.6. The molecule has 3 heterocycles. The van der Waals surface area contributed by atoms with Crippen LogP contribution in [0.4, 0.5) is 0 Å². The van der Waals surface area contributed by atoms with Gasteiger partial charge < -0.3 is 4.57 Å². The summed E-state index contributed by atoms with van der Waals surface area (Å²) in [5, 5.41) is 4.59. The largest absolute Gasteiger partial charge is 0.307 e. The van der Waals surface area contributed by atoms with Crippen molar-refractivity contribution in [2.24, 2.45) is 0 Å². The summed E-state index contributed by atoms with van der Waals surface area (Å²) in [6.07, 6.45) is 0. The van der Waals surface area contributed by atoms with Gasteiger partial charge in [0.05, 0.1) is 22.1 Å². The minimum Gasteiger partial charge on any atom is -0.307 e. The first kappa shape index (κ1) is 37.2. The van der Waals surface area contributed by atoms with E-state index in [1.54, 1.807) is 0 Å². The molecule has 5 heteroatoms. The predicted molar refractivity (Wildman–Crippen MR) is 268 cm³/mol. The van der Waals surface area contributed by atoms with E-state index >= 15 is 0 Å². The summed E-state index contributed by atoms with van der Waals surface area (Å²) < 4.78 is 4.73. The Hall–Kier alpha value is -8.41. The number of para-hydroxylation sites is 2. The van der Waals surface area contributed by atoms with Crippen LogP contribution in [0.15, 0.2) is 212 Å². The van der Waals surface area contributed by atoms with Gasteiger partial charge in [0, 0.05) is 43.8 Å². The van der Waals surface area contributed by atoms with Gasteiger partial charge in [-0.05, 0) is 68.8 Å². The van der Waals surface area contributed by atoms with Crippen molar-refractivity contribution in [2.75, 3.05) is 0 Å². The van der Waals surface area contributed by atoms with Crippen LogP contribution in [0.5, 0.6) is 0 Å². The molecule has 0 atom stereocenters. The van der Waals surface area contributed by atoms with Gasteiger partial charge in [0.2, 0.25) is 5.95 Å². The first-order valence-corrected chi connectivity index (χ1v) is 22.3. The lowest BCUT2D eigenvalue weighted by molar-refractivity contribution is 0.660. The van der Waals surface area contributed by atoms with E-state index in [9.17, 15) is 0 Å². The van der Waals surface area contributed by atoms with Crippen molar-refractivity contribution in [2.45, 2.75) is 19.3 Å².